The number of Topliss-reactive ketones (excluding diaryl/α,β-unsaturated/α-hetero) is 1. The van der Waals surface area contributed by atoms with E-state index in [1.54, 1.807) is 12.2 Å². The molecule has 1 aromatic heterocycles. The van der Waals surface area contributed by atoms with Gasteiger partial charge in [0.1, 0.15) is 23.9 Å². The minimum absolute atomic E-state index is 0.00469. The van der Waals surface area contributed by atoms with Crippen molar-refractivity contribution in [1.29, 1.82) is 0 Å². The summed E-state index contributed by atoms with van der Waals surface area (Å²) in [6.07, 6.45) is 26.8. The number of nitrogens with two attached hydrogens (primary N) is 1. The molecule has 362 valence electrons. The number of aliphatic hydroxyl groups is 2. The molecule has 1 aliphatic carbocycles. The van der Waals surface area contributed by atoms with E-state index in [4.69, 9.17) is 28.7 Å². The molecule has 1 aromatic rings. The number of ketones is 1. The number of rotatable bonds is 38. The number of unbranched alkanes of at least 4 members (excludes halogenated alkanes) is 14. The molecule has 6 atom stereocenters. The normalized spacial score (nSPS) is 18.7. The summed E-state index contributed by atoms with van der Waals surface area (Å²) in [6.45, 7) is 7.65. The summed E-state index contributed by atoms with van der Waals surface area (Å²) in [6, 6.07) is 0. The predicted octanol–water partition coefficient (Wildman–Crippen LogP) is 10.2. The molecule has 1 fully saturated rings. The average Bonchev–Trinajstić information content (AvgIpc) is 3.68. The van der Waals surface area contributed by atoms with Crippen LogP contribution in [0.15, 0.2) is 28.7 Å². The minimum atomic E-state index is -4.46. The molecule has 2 rings (SSSR count). The topological polar surface area (TPSA) is 205 Å². The van der Waals surface area contributed by atoms with Crippen molar-refractivity contribution in [1.82, 2.24) is 0 Å². The van der Waals surface area contributed by atoms with Crippen LogP contribution >= 0.6 is 7.82 Å². The highest BCUT2D eigenvalue weighted by molar-refractivity contribution is 7.47. The number of esters is 2. The van der Waals surface area contributed by atoms with Crippen molar-refractivity contribution in [2.45, 2.75) is 207 Å². The molecule has 0 aromatic carbocycles. The molecule has 1 heterocycles. The average molecular weight is 910 g/mol. The van der Waals surface area contributed by atoms with Crippen LogP contribution in [0.3, 0.4) is 0 Å². The van der Waals surface area contributed by atoms with Gasteiger partial charge in [-0.15, -0.1) is 0 Å². The molecule has 5 N–H and O–H groups in total. The number of allylic oxidation sites excluding steroid dienone is 2. The summed E-state index contributed by atoms with van der Waals surface area (Å²) in [7, 11) is -4.46. The fraction of sp³-hybridized carbons (Fsp3) is 0.776. The van der Waals surface area contributed by atoms with Gasteiger partial charge in [0.15, 0.2) is 6.10 Å². The van der Waals surface area contributed by atoms with Crippen LogP contribution in [0.1, 0.15) is 184 Å². The molecule has 0 amide bonds. The zero-order chi connectivity index (χ0) is 46.3. The Morgan fingerprint density at radius 2 is 1.40 bits per heavy atom. The molecular formula is C49H84NO12P. The Morgan fingerprint density at radius 3 is 2.03 bits per heavy atom. The first-order valence-electron chi connectivity index (χ1n) is 24.3. The van der Waals surface area contributed by atoms with E-state index >= 15 is 0 Å². The Morgan fingerprint density at radius 1 is 0.810 bits per heavy atom. The van der Waals surface area contributed by atoms with E-state index in [-0.39, 0.29) is 56.6 Å². The van der Waals surface area contributed by atoms with Gasteiger partial charge in [-0.25, -0.2) is 4.57 Å². The third-order valence-corrected chi connectivity index (χ3v) is 12.9. The molecule has 1 unspecified atom stereocenters. The Bertz CT molecular complexity index is 1530. The van der Waals surface area contributed by atoms with Crippen molar-refractivity contribution in [2.75, 3.05) is 26.4 Å². The maximum Gasteiger partial charge on any atom is 0.472 e. The molecule has 0 radical (unpaired) electrons. The van der Waals surface area contributed by atoms with Gasteiger partial charge < -0.3 is 34.7 Å². The Balaban J connectivity index is 1.66. The second kappa shape index (κ2) is 33.8. The van der Waals surface area contributed by atoms with Crippen LogP contribution in [0, 0.1) is 25.7 Å². The molecule has 0 spiro atoms. The number of carbonyl (C=O) groups is 3. The summed E-state index contributed by atoms with van der Waals surface area (Å²) in [5, 5.41) is 20.7. The number of phosphoric ester groups is 1. The van der Waals surface area contributed by atoms with Gasteiger partial charge >= 0.3 is 19.8 Å². The first-order valence-corrected chi connectivity index (χ1v) is 25.8. The highest BCUT2D eigenvalue weighted by Gasteiger charge is 2.39. The van der Waals surface area contributed by atoms with Gasteiger partial charge in [0, 0.05) is 50.5 Å². The lowest BCUT2D eigenvalue weighted by molar-refractivity contribution is -0.161. The fourth-order valence-corrected chi connectivity index (χ4v) is 8.68. The van der Waals surface area contributed by atoms with Crippen LogP contribution in [0.5, 0.6) is 0 Å². The Kier molecular flexibility index (Phi) is 30.3. The summed E-state index contributed by atoms with van der Waals surface area (Å²) in [5.74, 6) is 0.581. The summed E-state index contributed by atoms with van der Waals surface area (Å²) in [4.78, 5) is 47.8. The van der Waals surface area contributed by atoms with E-state index in [9.17, 15) is 34.1 Å². The van der Waals surface area contributed by atoms with Gasteiger partial charge in [0.05, 0.1) is 25.4 Å². The van der Waals surface area contributed by atoms with Crippen molar-refractivity contribution in [3.8, 4) is 0 Å². The quantitative estimate of drug-likeness (QED) is 0.0211. The molecule has 0 bridgehead atoms. The van der Waals surface area contributed by atoms with Crippen LogP contribution < -0.4 is 5.73 Å². The SMILES string of the molecule is CCCCCc1oc(CCCCCCCCCCCCC(=O)O[C@H](COC(=O)CCC/C=C\C[C@H]2C(=O)C[C@@H](O)[C@@H]2/C=C/[C@@H](O)CCCCC)COP(=O)(O)OCCN)c(C)c1C. The number of ether oxygens (including phenoxy) is 2. The van der Waals surface area contributed by atoms with E-state index < -0.39 is 44.7 Å². The van der Waals surface area contributed by atoms with Crippen molar-refractivity contribution >= 4 is 25.5 Å². The van der Waals surface area contributed by atoms with Crippen molar-refractivity contribution in [3.05, 3.63) is 47.0 Å². The third kappa shape index (κ3) is 25.0. The molecule has 1 saturated carbocycles. The number of phosphoric acid groups is 1. The third-order valence-electron chi connectivity index (χ3n) is 11.9. The second-order valence-corrected chi connectivity index (χ2v) is 18.8. The van der Waals surface area contributed by atoms with Crippen LogP contribution in [-0.2, 0) is 50.3 Å². The van der Waals surface area contributed by atoms with Crippen LogP contribution in [0.2, 0.25) is 0 Å². The van der Waals surface area contributed by atoms with Crippen molar-refractivity contribution in [3.63, 3.8) is 0 Å². The molecule has 1 aliphatic rings. The lowest BCUT2D eigenvalue weighted by atomic mass is 9.90. The highest BCUT2D eigenvalue weighted by atomic mass is 31.2. The number of furan rings is 1. The largest absolute Gasteiger partial charge is 0.472 e. The maximum atomic E-state index is 12.7. The minimum Gasteiger partial charge on any atom is -0.466 e. The summed E-state index contributed by atoms with van der Waals surface area (Å²) < 4.78 is 39.1. The summed E-state index contributed by atoms with van der Waals surface area (Å²) >= 11 is 0. The van der Waals surface area contributed by atoms with E-state index in [1.165, 1.54) is 67.6 Å². The van der Waals surface area contributed by atoms with E-state index in [0.717, 1.165) is 64.2 Å². The summed E-state index contributed by atoms with van der Waals surface area (Å²) in [5.41, 5.74) is 8.02. The maximum absolute atomic E-state index is 12.7. The van der Waals surface area contributed by atoms with Crippen LogP contribution in [0.25, 0.3) is 0 Å². The van der Waals surface area contributed by atoms with Crippen molar-refractivity contribution < 1.29 is 57.0 Å². The number of hydrogen-bond donors (Lipinski definition) is 4. The van der Waals surface area contributed by atoms with E-state index in [2.05, 4.69) is 27.7 Å². The first kappa shape index (κ1) is 56.5. The first-order chi connectivity index (χ1) is 30.3. The Hall–Kier alpha value is -2.64. The van der Waals surface area contributed by atoms with E-state index in [0.29, 0.717) is 32.1 Å². The monoisotopic (exact) mass is 910 g/mol. The van der Waals surface area contributed by atoms with Gasteiger partial charge in [-0.3, -0.25) is 23.4 Å². The van der Waals surface area contributed by atoms with Gasteiger partial charge in [0.2, 0.25) is 0 Å². The number of aryl methyl sites for hydroxylation is 2. The van der Waals surface area contributed by atoms with Gasteiger partial charge in [-0.05, 0) is 69.9 Å². The second-order valence-electron chi connectivity index (χ2n) is 17.3. The zero-order valence-corrected chi connectivity index (χ0v) is 40.1. The standard InChI is InChI=1S/C49H84NO12P/c1-5-7-19-25-40(51)31-32-43-42(44(52)35-45(43)53)26-21-17-18-23-29-48(54)58-36-41(37-60-63(56,57)59-34-33-50)61-49(55)30-24-16-14-12-10-9-11-13-15-22-28-47-39(4)38(3)46(62-47)27-20-8-6-2/h17,21,31-32,40-43,45,51,53H,5-16,18-20,22-30,33-37,50H2,1-4H3,(H,56,57)/b21-17-,32-31+/t40-,41+,42+,43+,45+/m0/s1. The molecule has 0 aliphatic heterocycles. The lowest BCUT2D eigenvalue weighted by Crippen LogP contribution is -2.29. The smallest absolute Gasteiger partial charge is 0.466 e. The molecular weight excluding hydrogens is 826 g/mol. The van der Waals surface area contributed by atoms with Crippen LogP contribution in [-0.4, -0.2) is 77.5 Å². The Labute approximate surface area is 378 Å². The zero-order valence-electron chi connectivity index (χ0n) is 39.2. The predicted molar refractivity (Wildman–Crippen MR) is 247 cm³/mol. The fourth-order valence-electron chi connectivity index (χ4n) is 7.91. The molecule has 0 saturated heterocycles. The molecule has 13 nitrogen and oxygen atoms in total. The number of aliphatic hydroxyl groups excluding tert-OH is 2. The van der Waals surface area contributed by atoms with Gasteiger partial charge in [-0.2, -0.15) is 0 Å². The number of carbonyl (C=O) groups excluding carboxylic acids is 3. The van der Waals surface area contributed by atoms with Crippen molar-refractivity contribution in [2.24, 2.45) is 17.6 Å². The van der Waals surface area contributed by atoms with Gasteiger partial charge in [-0.1, -0.05) is 122 Å². The lowest BCUT2D eigenvalue weighted by Gasteiger charge is -2.19. The highest BCUT2D eigenvalue weighted by Crippen LogP contribution is 2.43. The van der Waals surface area contributed by atoms with Gasteiger partial charge in [0.25, 0.3) is 0 Å². The molecule has 63 heavy (non-hydrogen) atoms. The molecule has 14 heteroatoms. The number of hydrogen-bond acceptors (Lipinski definition) is 12. The van der Waals surface area contributed by atoms with Crippen LogP contribution in [0.4, 0.5) is 0 Å². The van der Waals surface area contributed by atoms with E-state index in [1.807, 2.05) is 12.2 Å².